The van der Waals surface area contributed by atoms with Gasteiger partial charge >= 0.3 is 0 Å². The number of likely N-dealkylation sites (N-methyl/N-ethyl adjacent to an activating group) is 1. The standard InChI is InChI=1S/C17H30N4/c1-15-4-6-16(7-5-15)17(14-18)21-12-10-20(11-13-21)9-8-19(2)3/h4-7,17H,8-14,18H2,1-3H3. The summed E-state index contributed by atoms with van der Waals surface area (Å²) in [6.45, 7) is 9.65. The van der Waals surface area contributed by atoms with E-state index in [0.717, 1.165) is 32.7 Å². The number of piperazine rings is 1. The minimum absolute atomic E-state index is 0.363. The second kappa shape index (κ2) is 7.90. The van der Waals surface area contributed by atoms with E-state index in [1.807, 2.05) is 0 Å². The summed E-state index contributed by atoms with van der Waals surface area (Å²) < 4.78 is 0. The van der Waals surface area contributed by atoms with Gasteiger partial charge in [-0.15, -0.1) is 0 Å². The first-order chi connectivity index (χ1) is 10.1. The van der Waals surface area contributed by atoms with Crippen molar-refractivity contribution >= 4 is 0 Å². The molecule has 0 aliphatic carbocycles. The third-order valence-electron chi connectivity index (χ3n) is 4.40. The fourth-order valence-corrected chi connectivity index (χ4v) is 2.92. The Hall–Kier alpha value is -0.940. The van der Waals surface area contributed by atoms with Crippen molar-refractivity contribution in [3.05, 3.63) is 35.4 Å². The van der Waals surface area contributed by atoms with Gasteiger partial charge in [0.2, 0.25) is 0 Å². The van der Waals surface area contributed by atoms with Gasteiger partial charge in [-0.1, -0.05) is 29.8 Å². The van der Waals surface area contributed by atoms with E-state index in [2.05, 4.69) is 60.0 Å². The molecule has 1 fully saturated rings. The van der Waals surface area contributed by atoms with Gasteiger partial charge in [0.25, 0.3) is 0 Å². The maximum absolute atomic E-state index is 6.04. The van der Waals surface area contributed by atoms with Gasteiger partial charge in [0, 0.05) is 51.9 Å². The number of nitrogens with two attached hydrogens (primary N) is 1. The SMILES string of the molecule is Cc1ccc(C(CN)N2CCN(CCN(C)C)CC2)cc1. The van der Waals surface area contributed by atoms with Crippen LogP contribution in [-0.4, -0.2) is 74.6 Å². The molecule has 0 spiro atoms. The fourth-order valence-electron chi connectivity index (χ4n) is 2.92. The van der Waals surface area contributed by atoms with E-state index in [-0.39, 0.29) is 0 Å². The van der Waals surface area contributed by atoms with Crippen LogP contribution in [-0.2, 0) is 0 Å². The fraction of sp³-hybridized carbons (Fsp3) is 0.647. The first-order valence-corrected chi connectivity index (χ1v) is 7.98. The van der Waals surface area contributed by atoms with Crippen LogP contribution in [0.2, 0.25) is 0 Å². The third-order valence-corrected chi connectivity index (χ3v) is 4.40. The summed E-state index contributed by atoms with van der Waals surface area (Å²) in [5, 5.41) is 0. The van der Waals surface area contributed by atoms with Crippen LogP contribution in [0.4, 0.5) is 0 Å². The zero-order chi connectivity index (χ0) is 15.2. The quantitative estimate of drug-likeness (QED) is 0.853. The molecule has 0 amide bonds. The molecule has 1 aliphatic heterocycles. The second-order valence-corrected chi connectivity index (χ2v) is 6.34. The van der Waals surface area contributed by atoms with Gasteiger partial charge in [-0.05, 0) is 26.6 Å². The summed E-state index contributed by atoms with van der Waals surface area (Å²) in [6.07, 6.45) is 0. The summed E-state index contributed by atoms with van der Waals surface area (Å²) >= 11 is 0. The number of hydrogen-bond donors (Lipinski definition) is 1. The van der Waals surface area contributed by atoms with Crippen LogP contribution < -0.4 is 5.73 Å². The molecule has 1 aromatic carbocycles. The van der Waals surface area contributed by atoms with E-state index < -0.39 is 0 Å². The van der Waals surface area contributed by atoms with Crippen molar-refractivity contribution < 1.29 is 0 Å². The molecule has 0 saturated carbocycles. The molecule has 118 valence electrons. The largest absolute Gasteiger partial charge is 0.329 e. The lowest BCUT2D eigenvalue weighted by Crippen LogP contribution is -2.50. The predicted molar refractivity (Wildman–Crippen MR) is 89.5 cm³/mol. The van der Waals surface area contributed by atoms with E-state index in [1.165, 1.54) is 17.7 Å². The Morgan fingerprint density at radius 3 is 2.24 bits per heavy atom. The first kappa shape index (κ1) is 16.4. The smallest absolute Gasteiger partial charge is 0.0471 e. The molecule has 1 unspecified atom stereocenters. The van der Waals surface area contributed by atoms with E-state index in [9.17, 15) is 0 Å². The highest BCUT2D eigenvalue weighted by atomic mass is 15.3. The highest BCUT2D eigenvalue weighted by Crippen LogP contribution is 2.21. The lowest BCUT2D eigenvalue weighted by molar-refractivity contribution is 0.0940. The van der Waals surface area contributed by atoms with E-state index in [4.69, 9.17) is 5.73 Å². The van der Waals surface area contributed by atoms with Gasteiger partial charge in [-0.2, -0.15) is 0 Å². The Balaban J connectivity index is 1.88. The number of aryl methyl sites for hydroxylation is 1. The molecule has 1 atom stereocenters. The molecule has 1 aromatic rings. The van der Waals surface area contributed by atoms with Crippen molar-refractivity contribution in [1.29, 1.82) is 0 Å². The first-order valence-electron chi connectivity index (χ1n) is 7.98. The molecule has 0 bridgehead atoms. The van der Waals surface area contributed by atoms with Crippen LogP contribution in [0.5, 0.6) is 0 Å². The van der Waals surface area contributed by atoms with Gasteiger partial charge in [0.15, 0.2) is 0 Å². The maximum atomic E-state index is 6.04. The Kier molecular flexibility index (Phi) is 6.18. The van der Waals surface area contributed by atoms with Crippen molar-refractivity contribution in [3.8, 4) is 0 Å². The van der Waals surface area contributed by atoms with Crippen LogP contribution in [0.1, 0.15) is 17.2 Å². The monoisotopic (exact) mass is 290 g/mol. The molecule has 2 rings (SSSR count). The van der Waals surface area contributed by atoms with Crippen LogP contribution in [0.15, 0.2) is 24.3 Å². The minimum atomic E-state index is 0.363. The highest BCUT2D eigenvalue weighted by Gasteiger charge is 2.23. The van der Waals surface area contributed by atoms with Crippen LogP contribution in [0.3, 0.4) is 0 Å². The maximum Gasteiger partial charge on any atom is 0.0471 e. The second-order valence-electron chi connectivity index (χ2n) is 6.34. The lowest BCUT2D eigenvalue weighted by atomic mass is 10.0. The topological polar surface area (TPSA) is 35.7 Å². The number of hydrogen-bond acceptors (Lipinski definition) is 4. The Labute approximate surface area is 129 Å². The average Bonchev–Trinajstić information content (AvgIpc) is 2.49. The van der Waals surface area contributed by atoms with Crippen molar-refractivity contribution in [2.75, 3.05) is 59.9 Å². The van der Waals surface area contributed by atoms with Gasteiger partial charge in [0.05, 0.1) is 0 Å². The Morgan fingerprint density at radius 2 is 1.71 bits per heavy atom. The molecule has 1 saturated heterocycles. The highest BCUT2D eigenvalue weighted by molar-refractivity contribution is 5.24. The Bertz CT molecular complexity index is 407. The molecule has 0 aromatic heterocycles. The van der Waals surface area contributed by atoms with Crippen LogP contribution in [0.25, 0.3) is 0 Å². The third kappa shape index (κ3) is 4.78. The molecule has 0 radical (unpaired) electrons. The summed E-state index contributed by atoms with van der Waals surface area (Å²) in [5.74, 6) is 0. The molecule has 21 heavy (non-hydrogen) atoms. The van der Waals surface area contributed by atoms with Crippen molar-refractivity contribution in [3.63, 3.8) is 0 Å². The number of benzene rings is 1. The average molecular weight is 290 g/mol. The summed E-state index contributed by atoms with van der Waals surface area (Å²) in [6, 6.07) is 9.19. The molecule has 1 heterocycles. The molecule has 4 nitrogen and oxygen atoms in total. The predicted octanol–water partition coefficient (Wildman–Crippen LogP) is 1.17. The molecular formula is C17H30N4. The van der Waals surface area contributed by atoms with Gasteiger partial charge < -0.3 is 10.6 Å². The Morgan fingerprint density at radius 1 is 1.10 bits per heavy atom. The summed E-state index contributed by atoms with van der Waals surface area (Å²) in [7, 11) is 4.27. The summed E-state index contributed by atoms with van der Waals surface area (Å²) in [4.78, 5) is 7.34. The lowest BCUT2D eigenvalue weighted by Gasteiger charge is -2.39. The van der Waals surface area contributed by atoms with Crippen LogP contribution in [0, 0.1) is 6.92 Å². The van der Waals surface area contributed by atoms with E-state index in [0.29, 0.717) is 12.6 Å². The van der Waals surface area contributed by atoms with Crippen molar-refractivity contribution in [2.24, 2.45) is 5.73 Å². The number of nitrogens with zero attached hydrogens (tertiary/aromatic N) is 3. The van der Waals surface area contributed by atoms with E-state index >= 15 is 0 Å². The van der Waals surface area contributed by atoms with Crippen LogP contribution >= 0.6 is 0 Å². The molecule has 4 heteroatoms. The molecular weight excluding hydrogens is 260 g/mol. The van der Waals surface area contributed by atoms with Gasteiger partial charge in [-0.3, -0.25) is 9.80 Å². The van der Waals surface area contributed by atoms with Gasteiger partial charge in [0.1, 0.15) is 0 Å². The minimum Gasteiger partial charge on any atom is -0.329 e. The normalized spacial score (nSPS) is 19.1. The zero-order valence-corrected chi connectivity index (χ0v) is 13.8. The summed E-state index contributed by atoms with van der Waals surface area (Å²) in [5.41, 5.74) is 8.70. The number of rotatable bonds is 6. The van der Waals surface area contributed by atoms with Gasteiger partial charge in [-0.25, -0.2) is 0 Å². The van der Waals surface area contributed by atoms with Crippen molar-refractivity contribution in [1.82, 2.24) is 14.7 Å². The van der Waals surface area contributed by atoms with Crippen molar-refractivity contribution in [2.45, 2.75) is 13.0 Å². The zero-order valence-electron chi connectivity index (χ0n) is 13.8. The molecule has 1 aliphatic rings. The molecule has 2 N–H and O–H groups in total. The van der Waals surface area contributed by atoms with E-state index in [1.54, 1.807) is 0 Å².